The van der Waals surface area contributed by atoms with Crippen LogP contribution in [0.25, 0.3) is 10.8 Å². The van der Waals surface area contributed by atoms with Crippen LogP contribution in [0.5, 0.6) is 5.75 Å². The summed E-state index contributed by atoms with van der Waals surface area (Å²) in [5.74, 6) is 1.06. The van der Waals surface area contributed by atoms with Crippen molar-refractivity contribution < 1.29 is 4.74 Å². The molecular weight excluding hydrogens is 282 g/mol. The lowest BCUT2D eigenvalue weighted by Gasteiger charge is -2.24. The fourth-order valence-corrected chi connectivity index (χ4v) is 3.51. The number of unbranched alkanes of at least 4 members (excludes halogenated alkanes) is 1. The number of fused-ring (bicyclic) bond motifs is 1. The molecule has 23 heavy (non-hydrogen) atoms. The monoisotopic (exact) mass is 311 g/mol. The van der Waals surface area contributed by atoms with Gasteiger partial charge in [-0.15, -0.1) is 0 Å². The van der Waals surface area contributed by atoms with E-state index in [0.717, 1.165) is 25.3 Å². The molecule has 0 aromatic heterocycles. The molecule has 0 bridgehead atoms. The third kappa shape index (κ3) is 4.26. The quantitative estimate of drug-likeness (QED) is 0.687. The van der Waals surface area contributed by atoms with Crippen molar-refractivity contribution in [3.05, 3.63) is 42.0 Å². The van der Waals surface area contributed by atoms with E-state index in [1.165, 1.54) is 54.9 Å². The number of ether oxygens (including phenoxy) is 1. The minimum Gasteiger partial charge on any atom is -0.493 e. The van der Waals surface area contributed by atoms with Crippen LogP contribution in [0.15, 0.2) is 36.4 Å². The number of hydrogen-bond donors (Lipinski definition) is 1. The van der Waals surface area contributed by atoms with E-state index < -0.39 is 0 Å². The van der Waals surface area contributed by atoms with E-state index in [2.05, 4.69) is 48.6 Å². The molecule has 124 valence electrons. The Balaban J connectivity index is 1.79. The average molecular weight is 311 g/mol. The SMILES string of the molecule is CCCCOc1ccc2ccccc2c1CNC1CCCCC1. The highest BCUT2D eigenvalue weighted by atomic mass is 16.5. The molecule has 2 aromatic rings. The standard InChI is InChI=1S/C21H29NO/c1-2-3-15-23-21-14-13-17-9-7-8-12-19(17)20(21)16-22-18-10-5-4-6-11-18/h7-9,12-14,18,22H,2-6,10-11,15-16H2,1H3. The second-order valence-electron chi connectivity index (χ2n) is 6.68. The summed E-state index contributed by atoms with van der Waals surface area (Å²) in [6, 6.07) is 13.7. The molecule has 2 nitrogen and oxygen atoms in total. The molecule has 1 aliphatic carbocycles. The van der Waals surface area contributed by atoms with E-state index in [1.54, 1.807) is 0 Å². The van der Waals surface area contributed by atoms with Crippen molar-refractivity contribution in [3.63, 3.8) is 0 Å². The Hall–Kier alpha value is -1.54. The van der Waals surface area contributed by atoms with Crippen LogP contribution >= 0.6 is 0 Å². The Kier molecular flexibility index (Phi) is 5.93. The zero-order chi connectivity index (χ0) is 15.9. The van der Waals surface area contributed by atoms with E-state index in [-0.39, 0.29) is 0 Å². The zero-order valence-electron chi connectivity index (χ0n) is 14.3. The third-order valence-corrected chi connectivity index (χ3v) is 4.93. The van der Waals surface area contributed by atoms with Gasteiger partial charge in [0.2, 0.25) is 0 Å². The largest absolute Gasteiger partial charge is 0.493 e. The molecule has 0 aliphatic heterocycles. The smallest absolute Gasteiger partial charge is 0.124 e. The van der Waals surface area contributed by atoms with E-state index in [1.807, 2.05) is 0 Å². The van der Waals surface area contributed by atoms with Crippen LogP contribution in [-0.2, 0) is 6.54 Å². The Bertz CT molecular complexity index is 616. The van der Waals surface area contributed by atoms with Crippen molar-refractivity contribution in [2.24, 2.45) is 0 Å². The van der Waals surface area contributed by atoms with E-state index in [0.29, 0.717) is 6.04 Å². The maximum atomic E-state index is 6.09. The lowest BCUT2D eigenvalue weighted by molar-refractivity contribution is 0.304. The van der Waals surface area contributed by atoms with Crippen molar-refractivity contribution in [3.8, 4) is 5.75 Å². The molecule has 1 aliphatic rings. The first-order valence-corrected chi connectivity index (χ1v) is 9.25. The summed E-state index contributed by atoms with van der Waals surface area (Å²) in [7, 11) is 0. The number of benzene rings is 2. The highest BCUT2D eigenvalue weighted by Crippen LogP contribution is 2.29. The van der Waals surface area contributed by atoms with Crippen LogP contribution < -0.4 is 10.1 Å². The number of nitrogens with one attached hydrogen (secondary N) is 1. The summed E-state index contributed by atoms with van der Waals surface area (Å²) >= 11 is 0. The molecule has 0 saturated heterocycles. The van der Waals surface area contributed by atoms with Crippen molar-refractivity contribution in [1.82, 2.24) is 5.32 Å². The number of rotatable bonds is 7. The number of hydrogen-bond acceptors (Lipinski definition) is 2. The maximum absolute atomic E-state index is 6.09. The lowest BCUT2D eigenvalue weighted by Crippen LogP contribution is -2.30. The van der Waals surface area contributed by atoms with Crippen LogP contribution in [0, 0.1) is 0 Å². The van der Waals surface area contributed by atoms with E-state index in [9.17, 15) is 0 Å². The van der Waals surface area contributed by atoms with Crippen LogP contribution in [-0.4, -0.2) is 12.6 Å². The second-order valence-corrected chi connectivity index (χ2v) is 6.68. The van der Waals surface area contributed by atoms with Crippen LogP contribution in [0.1, 0.15) is 57.4 Å². The molecule has 0 spiro atoms. The molecule has 1 fully saturated rings. The van der Waals surface area contributed by atoms with E-state index in [4.69, 9.17) is 4.74 Å². The summed E-state index contributed by atoms with van der Waals surface area (Å²) in [6.45, 7) is 3.92. The summed E-state index contributed by atoms with van der Waals surface area (Å²) in [5, 5.41) is 6.41. The predicted molar refractivity (Wildman–Crippen MR) is 98.1 cm³/mol. The van der Waals surface area contributed by atoms with Crippen molar-refractivity contribution >= 4 is 10.8 Å². The minimum absolute atomic E-state index is 0.672. The predicted octanol–water partition coefficient (Wildman–Crippen LogP) is 5.44. The van der Waals surface area contributed by atoms with Gasteiger partial charge in [-0.3, -0.25) is 0 Å². The molecule has 1 N–H and O–H groups in total. The average Bonchev–Trinajstić information content (AvgIpc) is 2.61. The molecule has 2 aromatic carbocycles. The van der Waals surface area contributed by atoms with Crippen LogP contribution in [0.3, 0.4) is 0 Å². The Morgan fingerprint density at radius 2 is 1.87 bits per heavy atom. The molecule has 0 atom stereocenters. The Labute approximate surface area is 140 Å². The summed E-state index contributed by atoms with van der Waals surface area (Å²) in [4.78, 5) is 0. The van der Waals surface area contributed by atoms with Crippen molar-refractivity contribution in [2.45, 2.75) is 64.5 Å². The topological polar surface area (TPSA) is 21.3 Å². The van der Waals surface area contributed by atoms with Gasteiger partial charge in [0.25, 0.3) is 0 Å². The summed E-state index contributed by atoms with van der Waals surface area (Å²) < 4.78 is 6.09. The van der Waals surface area contributed by atoms with Gasteiger partial charge in [-0.25, -0.2) is 0 Å². The highest BCUT2D eigenvalue weighted by molar-refractivity contribution is 5.87. The molecule has 0 unspecified atom stereocenters. The first kappa shape index (κ1) is 16.3. The normalized spacial score (nSPS) is 15.9. The van der Waals surface area contributed by atoms with Crippen LogP contribution in [0.4, 0.5) is 0 Å². The van der Waals surface area contributed by atoms with Crippen LogP contribution in [0.2, 0.25) is 0 Å². The fourth-order valence-electron chi connectivity index (χ4n) is 3.51. The third-order valence-electron chi connectivity index (χ3n) is 4.93. The molecule has 0 amide bonds. The molecule has 0 radical (unpaired) electrons. The van der Waals surface area contributed by atoms with Crippen molar-refractivity contribution in [2.75, 3.05) is 6.61 Å². The fraction of sp³-hybridized carbons (Fsp3) is 0.524. The van der Waals surface area contributed by atoms with Gasteiger partial charge in [0.1, 0.15) is 5.75 Å². The van der Waals surface area contributed by atoms with Gasteiger partial charge in [0, 0.05) is 18.2 Å². The van der Waals surface area contributed by atoms with Crippen molar-refractivity contribution in [1.29, 1.82) is 0 Å². The summed E-state index contributed by atoms with van der Waals surface area (Å²) in [5.41, 5.74) is 1.32. The Morgan fingerprint density at radius 1 is 1.04 bits per heavy atom. The first-order valence-electron chi connectivity index (χ1n) is 9.25. The van der Waals surface area contributed by atoms with Gasteiger partial charge >= 0.3 is 0 Å². The molecule has 0 heterocycles. The first-order chi connectivity index (χ1) is 11.4. The molecular formula is C21H29NO. The lowest BCUT2D eigenvalue weighted by atomic mass is 9.95. The summed E-state index contributed by atoms with van der Waals surface area (Å²) in [6.07, 6.45) is 9.05. The second kappa shape index (κ2) is 8.35. The van der Waals surface area contributed by atoms with Gasteiger partial charge in [-0.05, 0) is 36.1 Å². The Morgan fingerprint density at radius 3 is 2.70 bits per heavy atom. The highest BCUT2D eigenvalue weighted by Gasteiger charge is 2.15. The molecule has 2 heteroatoms. The van der Waals surface area contributed by atoms with Gasteiger partial charge < -0.3 is 10.1 Å². The molecule has 1 saturated carbocycles. The van der Waals surface area contributed by atoms with Gasteiger partial charge in [0.05, 0.1) is 6.61 Å². The maximum Gasteiger partial charge on any atom is 0.124 e. The van der Waals surface area contributed by atoms with E-state index >= 15 is 0 Å². The molecule has 3 rings (SSSR count). The van der Waals surface area contributed by atoms with Gasteiger partial charge in [-0.1, -0.05) is 62.9 Å². The zero-order valence-corrected chi connectivity index (χ0v) is 14.3. The minimum atomic E-state index is 0.672. The van der Waals surface area contributed by atoms with Gasteiger partial charge in [0.15, 0.2) is 0 Å². The van der Waals surface area contributed by atoms with Gasteiger partial charge in [-0.2, -0.15) is 0 Å².